The largest absolute Gasteiger partial charge is 0.392 e. The summed E-state index contributed by atoms with van der Waals surface area (Å²) in [7, 11) is 0. The summed E-state index contributed by atoms with van der Waals surface area (Å²) in [6, 6.07) is 15.5. The quantitative estimate of drug-likeness (QED) is 0.176. The van der Waals surface area contributed by atoms with E-state index in [2.05, 4.69) is 10.2 Å². The summed E-state index contributed by atoms with van der Waals surface area (Å²) in [6.45, 7) is 3.09. The van der Waals surface area contributed by atoms with Crippen molar-refractivity contribution in [1.82, 2.24) is 10.4 Å². The van der Waals surface area contributed by atoms with Gasteiger partial charge >= 0.3 is 0 Å². The van der Waals surface area contributed by atoms with Gasteiger partial charge in [0.1, 0.15) is 0 Å². The molecule has 9 nitrogen and oxygen atoms in total. The van der Waals surface area contributed by atoms with E-state index in [-0.39, 0.29) is 31.1 Å². The zero-order valence-corrected chi connectivity index (χ0v) is 23.2. The first-order valence-electron chi connectivity index (χ1n) is 14.6. The van der Waals surface area contributed by atoms with Crippen LogP contribution in [0.5, 0.6) is 0 Å². The molecular formula is C31H43N3O6. The standard InChI is InChI=1S/C31H43N3O6/c35-22-23-10-12-24(13-11-23)28-20-27(21-34-18-6-2-1-3-7-19-34)39-31(40-28)25-14-16-26(17-15-25)32-29(36)8-4-5-9-30(37)33-38/h10-17,27-28,31,35,38H,1-9,18-22H2,(H,32,36)(H,33,37)/t27-,28+,31+/m1/s1. The van der Waals surface area contributed by atoms with Crippen molar-refractivity contribution in [3.8, 4) is 0 Å². The SMILES string of the molecule is O=C(CCCCC(=O)Nc1ccc([C@H]2O[C@@H](CN3CCCCCCC3)C[C@@H](c3ccc(CO)cc3)O2)cc1)NO. The number of nitrogens with zero attached hydrogens (tertiary/aromatic N) is 1. The van der Waals surface area contributed by atoms with Gasteiger partial charge in [0.15, 0.2) is 6.29 Å². The van der Waals surface area contributed by atoms with E-state index in [0.29, 0.717) is 24.9 Å². The Labute approximate surface area is 236 Å². The number of carbonyl (C=O) groups is 2. The van der Waals surface area contributed by atoms with Crippen molar-refractivity contribution in [3.05, 3.63) is 65.2 Å². The second kappa shape index (κ2) is 15.8. The molecule has 0 aliphatic carbocycles. The van der Waals surface area contributed by atoms with Gasteiger partial charge < -0.3 is 24.8 Å². The van der Waals surface area contributed by atoms with Crippen molar-refractivity contribution in [1.29, 1.82) is 0 Å². The first-order valence-corrected chi connectivity index (χ1v) is 14.6. The summed E-state index contributed by atoms with van der Waals surface area (Å²) in [5.74, 6) is -0.571. The Balaban J connectivity index is 1.39. The molecule has 9 heteroatoms. The van der Waals surface area contributed by atoms with Crippen LogP contribution in [0.15, 0.2) is 48.5 Å². The summed E-state index contributed by atoms with van der Waals surface area (Å²) in [5.41, 5.74) is 5.12. The van der Waals surface area contributed by atoms with E-state index in [1.807, 2.05) is 48.5 Å². The van der Waals surface area contributed by atoms with E-state index in [1.54, 1.807) is 5.48 Å². The number of nitrogens with one attached hydrogen (secondary N) is 2. The van der Waals surface area contributed by atoms with Crippen LogP contribution in [0.1, 0.15) is 93.3 Å². The van der Waals surface area contributed by atoms with Crippen LogP contribution in [0.3, 0.4) is 0 Å². The third-order valence-electron chi connectivity index (χ3n) is 7.67. The number of unbranched alkanes of at least 4 members (excludes halogenated alkanes) is 1. The molecule has 2 saturated heterocycles. The molecule has 2 aromatic rings. The second-order valence-corrected chi connectivity index (χ2v) is 10.8. The Kier molecular flexibility index (Phi) is 11.9. The molecule has 2 aliphatic rings. The maximum absolute atomic E-state index is 12.3. The third kappa shape index (κ3) is 9.38. The number of likely N-dealkylation sites (tertiary alicyclic amines) is 1. The summed E-state index contributed by atoms with van der Waals surface area (Å²) in [4.78, 5) is 25.9. The van der Waals surface area contributed by atoms with Crippen LogP contribution < -0.4 is 10.8 Å². The maximum atomic E-state index is 12.3. The molecule has 0 unspecified atom stereocenters. The van der Waals surface area contributed by atoms with Gasteiger partial charge in [0.05, 0.1) is 18.8 Å². The van der Waals surface area contributed by atoms with Crippen LogP contribution >= 0.6 is 0 Å². The van der Waals surface area contributed by atoms with Crippen molar-refractivity contribution >= 4 is 17.5 Å². The zero-order chi connectivity index (χ0) is 28.2. The van der Waals surface area contributed by atoms with E-state index in [0.717, 1.165) is 42.7 Å². The molecule has 0 bridgehead atoms. The van der Waals surface area contributed by atoms with Crippen LogP contribution in [-0.4, -0.2) is 52.8 Å². The monoisotopic (exact) mass is 553 g/mol. The predicted molar refractivity (Wildman–Crippen MR) is 151 cm³/mol. The molecule has 4 rings (SSSR count). The fourth-order valence-corrected chi connectivity index (χ4v) is 5.39. The molecule has 2 amide bonds. The summed E-state index contributed by atoms with van der Waals surface area (Å²) >= 11 is 0. The van der Waals surface area contributed by atoms with Gasteiger partial charge in [-0.2, -0.15) is 0 Å². The van der Waals surface area contributed by atoms with Gasteiger partial charge in [-0.3, -0.25) is 14.8 Å². The van der Waals surface area contributed by atoms with E-state index >= 15 is 0 Å². The third-order valence-corrected chi connectivity index (χ3v) is 7.67. The fourth-order valence-electron chi connectivity index (χ4n) is 5.39. The number of aliphatic hydroxyl groups is 1. The Bertz CT molecular complexity index is 1050. The van der Waals surface area contributed by atoms with Crippen molar-refractivity contribution in [3.63, 3.8) is 0 Å². The topological polar surface area (TPSA) is 120 Å². The predicted octanol–water partition coefficient (Wildman–Crippen LogP) is 4.99. The van der Waals surface area contributed by atoms with Gasteiger partial charge in [0.2, 0.25) is 11.8 Å². The number of ether oxygens (including phenoxy) is 2. The van der Waals surface area contributed by atoms with E-state index in [4.69, 9.17) is 14.7 Å². The molecule has 2 aliphatic heterocycles. The highest BCUT2D eigenvalue weighted by molar-refractivity contribution is 5.90. The molecule has 2 heterocycles. The smallest absolute Gasteiger partial charge is 0.243 e. The minimum atomic E-state index is -0.529. The zero-order valence-electron chi connectivity index (χ0n) is 23.2. The minimum Gasteiger partial charge on any atom is -0.392 e. The number of amides is 2. The lowest BCUT2D eigenvalue weighted by molar-refractivity contribution is -0.253. The molecule has 4 N–H and O–H groups in total. The lowest BCUT2D eigenvalue weighted by atomic mass is 9.99. The molecule has 2 fully saturated rings. The number of hydrogen-bond acceptors (Lipinski definition) is 7. The summed E-state index contributed by atoms with van der Waals surface area (Å²) in [6.07, 6.45) is 8.05. The molecule has 0 spiro atoms. The Morgan fingerprint density at radius 2 is 1.45 bits per heavy atom. The number of aliphatic hydroxyl groups excluding tert-OH is 1. The molecule has 40 heavy (non-hydrogen) atoms. The van der Waals surface area contributed by atoms with Crippen molar-refractivity contribution in [2.75, 3.05) is 25.0 Å². The number of hydroxylamine groups is 1. The van der Waals surface area contributed by atoms with Crippen LogP contribution in [-0.2, 0) is 25.7 Å². The first-order chi connectivity index (χ1) is 19.5. The average molecular weight is 554 g/mol. The maximum Gasteiger partial charge on any atom is 0.243 e. The highest BCUT2D eigenvalue weighted by atomic mass is 16.7. The average Bonchev–Trinajstić information content (AvgIpc) is 2.97. The summed E-state index contributed by atoms with van der Waals surface area (Å²) in [5, 5.41) is 20.9. The highest BCUT2D eigenvalue weighted by Gasteiger charge is 2.33. The molecular weight excluding hydrogens is 510 g/mol. The number of benzene rings is 2. The van der Waals surface area contributed by atoms with Gasteiger partial charge in [-0.1, -0.05) is 55.7 Å². The van der Waals surface area contributed by atoms with E-state index < -0.39 is 12.2 Å². The van der Waals surface area contributed by atoms with Crippen LogP contribution in [0.25, 0.3) is 0 Å². The van der Waals surface area contributed by atoms with Crippen molar-refractivity contribution in [2.45, 2.75) is 89.3 Å². The molecule has 0 radical (unpaired) electrons. The number of rotatable bonds is 11. The van der Waals surface area contributed by atoms with Gasteiger partial charge in [-0.05, 0) is 62.0 Å². The van der Waals surface area contributed by atoms with Gasteiger partial charge in [0, 0.05) is 37.1 Å². The normalized spacial score (nSPS) is 22.2. The minimum absolute atomic E-state index is 0.0128. The van der Waals surface area contributed by atoms with Crippen LogP contribution in [0.4, 0.5) is 5.69 Å². The van der Waals surface area contributed by atoms with Crippen LogP contribution in [0.2, 0.25) is 0 Å². The van der Waals surface area contributed by atoms with E-state index in [1.165, 1.54) is 32.1 Å². The number of anilines is 1. The van der Waals surface area contributed by atoms with Crippen LogP contribution in [0, 0.1) is 0 Å². The molecule has 3 atom stereocenters. The second-order valence-electron chi connectivity index (χ2n) is 10.8. The lowest BCUT2D eigenvalue weighted by Crippen LogP contribution is -2.40. The highest BCUT2D eigenvalue weighted by Crippen LogP contribution is 2.38. The number of carbonyl (C=O) groups excluding carboxylic acids is 2. The van der Waals surface area contributed by atoms with Crippen molar-refractivity contribution < 1.29 is 29.4 Å². The molecule has 0 saturated carbocycles. The molecule has 0 aromatic heterocycles. The summed E-state index contributed by atoms with van der Waals surface area (Å²) < 4.78 is 13.0. The van der Waals surface area contributed by atoms with Gasteiger partial charge in [-0.15, -0.1) is 0 Å². The van der Waals surface area contributed by atoms with Gasteiger partial charge in [0.25, 0.3) is 0 Å². The fraction of sp³-hybridized carbons (Fsp3) is 0.548. The molecule has 2 aromatic carbocycles. The molecule has 218 valence electrons. The lowest BCUT2D eigenvalue weighted by Gasteiger charge is -2.38. The Morgan fingerprint density at radius 3 is 2.10 bits per heavy atom. The number of hydrogen-bond donors (Lipinski definition) is 4. The van der Waals surface area contributed by atoms with Gasteiger partial charge in [-0.25, -0.2) is 5.48 Å². The van der Waals surface area contributed by atoms with Crippen molar-refractivity contribution in [2.24, 2.45) is 0 Å². The Hall–Kier alpha value is -2.82. The Morgan fingerprint density at radius 1 is 0.825 bits per heavy atom. The first kappa shape index (κ1) is 30.1. The van der Waals surface area contributed by atoms with E-state index in [9.17, 15) is 14.7 Å².